The van der Waals surface area contributed by atoms with Crippen molar-refractivity contribution in [3.8, 4) is 5.75 Å². The highest BCUT2D eigenvalue weighted by Gasteiger charge is 2.24. The Morgan fingerprint density at radius 1 is 1.44 bits per heavy atom. The average Bonchev–Trinajstić information content (AvgIpc) is 3.08. The molecule has 8 heteroatoms. The highest BCUT2D eigenvalue weighted by Crippen LogP contribution is 2.22. The van der Waals surface area contributed by atoms with E-state index in [2.05, 4.69) is 10.4 Å². The fraction of sp³-hybridized carbons (Fsp3) is 0.421. The summed E-state index contributed by atoms with van der Waals surface area (Å²) >= 11 is 0. The normalized spacial score (nSPS) is 15.9. The second kappa shape index (κ2) is 8.20. The van der Waals surface area contributed by atoms with Crippen LogP contribution in [0, 0.1) is 11.7 Å². The van der Waals surface area contributed by atoms with Gasteiger partial charge in [-0.15, -0.1) is 0 Å². The summed E-state index contributed by atoms with van der Waals surface area (Å²) in [4.78, 5) is 23.6. The number of nitrogens with zero attached hydrogens (tertiary/aromatic N) is 2. The van der Waals surface area contributed by atoms with E-state index in [0.717, 1.165) is 17.7 Å². The van der Waals surface area contributed by atoms with Gasteiger partial charge in [-0.3, -0.25) is 14.3 Å². The maximum absolute atomic E-state index is 13.7. The topological polar surface area (TPSA) is 99.2 Å². The predicted molar refractivity (Wildman–Crippen MR) is 96.8 cm³/mol. The van der Waals surface area contributed by atoms with E-state index in [1.165, 1.54) is 19.4 Å². The average molecular weight is 374 g/mol. The largest absolute Gasteiger partial charge is 0.494 e. The number of fused-ring (bicyclic) bond motifs is 1. The van der Waals surface area contributed by atoms with E-state index in [1.54, 1.807) is 16.8 Å². The molecule has 1 aliphatic heterocycles. The summed E-state index contributed by atoms with van der Waals surface area (Å²) < 4.78 is 20.4. The molecule has 2 heterocycles. The van der Waals surface area contributed by atoms with Gasteiger partial charge < -0.3 is 15.8 Å². The van der Waals surface area contributed by atoms with E-state index < -0.39 is 11.7 Å². The van der Waals surface area contributed by atoms with Gasteiger partial charge in [0.2, 0.25) is 5.91 Å². The minimum Gasteiger partial charge on any atom is -0.494 e. The molecule has 0 aliphatic carbocycles. The lowest BCUT2D eigenvalue weighted by Gasteiger charge is -2.24. The van der Waals surface area contributed by atoms with Crippen LogP contribution in [0.4, 0.5) is 4.39 Å². The SMILES string of the molecule is COc1ccc(CCC(=O)NC[C@@H]2CCn3ncc(C(N)=O)c3C2)cc1F. The number of rotatable bonds is 7. The van der Waals surface area contributed by atoms with E-state index in [4.69, 9.17) is 10.5 Å². The van der Waals surface area contributed by atoms with Crippen molar-refractivity contribution in [1.82, 2.24) is 15.1 Å². The Morgan fingerprint density at radius 2 is 2.26 bits per heavy atom. The van der Waals surface area contributed by atoms with E-state index in [9.17, 15) is 14.0 Å². The summed E-state index contributed by atoms with van der Waals surface area (Å²) in [5.41, 5.74) is 7.41. The second-order valence-corrected chi connectivity index (χ2v) is 6.72. The molecule has 0 fully saturated rings. The molecule has 1 aliphatic rings. The van der Waals surface area contributed by atoms with Crippen molar-refractivity contribution in [3.63, 3.8) is 0 Å². The molecule has 0 bridgehead atoms. The van der Waals surface area contributed by atoms with Gasteiger partial charge in [-0.25, -0.2) is 4.39 Å². The van der Waals surface area contributed by atoms with Crippen LogP contribution in [-0.2, 0) is 24.2 Å². The number of halogens is 1. The molecular formula is C19H23FN4O3. The number of aromatic nitrogens is 2. The van der Waals surface area contributed by atoms with Crippen molar-refractivity contribution in [2.75, 3.05) is 13.7 Å². The van der Waals surface area contributed by atoms with Gasteiger partial charge in [-0.2, -0.15) is 5.10 Å². The Labute approximate surface area is 156 Å². The van der Waals surface area contributed by atoms with Crippen LogP contribution in [0.15, 0.2) is 24.4 Å². The summed E-state index contributed by atoms with van der Waals surface area (Å²) in [5, 5.41) is 7.11. The highest BCUT2D eigenvalue weighted by molar-refractivity contribution is 5.93. The third kappa shape index (κ3) is 4.45. The molecule has 0 saturated carbocycles. The summed E-state index contributed by atoms with van der Waals surface area (Å²) in [6, 6.07) is 4.70. The second-order valence-electron chi connectivity index (χ2n) is 6.72. The first-order valence-electron chi connectivity index (χ1n) is 8.91. The zero-order valence-corrected chi connectivity index (χ0v) is 15.2. The van der Waals surface area contributed by atoms with Gasteiger partial charge in [0, 0.05) is 19.5 Å². The fourth-order valence-electron chi connectivity index (χ4n) is 3.35. The number of carbonyl (C=O) groups excluding carboxylic acids is 2. The van der Waals surface area contributed by atoms with Crippen LogP contribution in [0.5, 0.6) is 5.75 Å². The molecular weight excluding hydrogens is 351 g/mol. The van der Waals surface area contributed by atoms with Crippen molar-refractivity contribution in [3.05, 3.63) is 47.0 Å². The summed E-state index contributed by atoms with van der Waals surface area (Å²) in [6.45, 7) is 1.23. The van der Waals surface area contributed by atoms with Crippen LogP contribution in [0.25, 0.3) is 0 Å². The number of amides is 2. The van der Waals surface area contributed by atoms with Gasteiger partial charge in [-0.05, 0) is 42.9 Å². The molecule has 0 radical (unpaired) electrons. The molecule has 7 nitrogen and oxygen atoms in total. The first-order chi connectivity index (χ1) is 13.0. The van der Waals surface area contributed by atoms with Crippen molar-refractivity contribution in [2.24, 2.45) is 11.7 Å². The van der Waals surface area contributed by atoms with E-state index in [0.29, 0.717) is 31.5 Å². The first-order valence-corrected chi connectivity index (χ1v) is 8.91. The molecule has 1 atom stereocenters. The maximum atomic E-state index is 13.7. The smallest absolute Gasteiger partial charge is 0.252 e. The van der Waals surface area contributed by atoms with Gasteiger partial charge in [0.1, 0.15) is 0 Å². The third-order valence-corrected chi connectivity index (χ3v) is 4.89. The minimum absolute atomic E-state index is 0.0829. The van der Waals surface area contributed by atoms with Crippen molar-refractivity contribution in [1.29, 1.82) is 0 Å². The lowest BCUT2D eigenvalue weighted by atomic mass is 9.94. The Balaban J connectivity index is 1.47. The van der Waals surface area contributed by atoms with E-state index in [-0.39, 0.29) is 24.0 Å². The Kier molecular flexibility index (Phi) is 5.73. The van der Waals surface area contributed by atoms with Crippen LogP contribution < -0.4 is 15.8 Å². The number of nitrogens with two attached hydrogens (primary N) is 1. The van der Waals surface area contributed by atoms with Crippen LogP contribution in [0.2, 0.25) is 0 Å². The van der Waals surface area contributed by atoms with Crippen LogP contribution in [-0.4, -0.2) is 35.2 Å². The molecule has 2 aromatic rings. The summed E-state index contributed by atoms with van der Waals surface area (Å²) in [5.74, 6) is -0.572. The number of hydrogen-bond donors (Lipinski definition) is 2. The highest BCUT2D eigenvalue weighted by atomic mass is 19.1. The first kappa shape index (κ1) is 18.9. The molecule has 0 saturated heterocycles. The van der Waals surface area contributed by atoms with Crippen LogP contribution in [0.1, 0.15) is 34.5 Å². The molecule has 0 spiro atoms. The van der Waals surface area contributed by atoms with Crippen molar-refractivity contribution < 1.29 is 18.7 Å². The Bertz CT molecular complexity index is 849. The molecule has 3 N–H and O–H groups in total. The number of methoxy groups -OCH3 is 1. The van der Waals surface area contributed by atoms with Gasteiger partial charge in [-0.1, -0.05) is 6.07 Å². The van der Waals surface area contributed by atoms with E-state index in [1.807, 2.05) is 0 Å². The summed E-state index contributed by atoms with van der Waals surface area (Å²) in [6.07, 6.45) is 3.77. The zero-order chi connectivity index (χ0) is 19.4. The lowest BCUT2D eigenvalue weighted by Crippen LogP contribution is -2.34. The molecule has 144 valence electrons. The number of nitrogens with one attached hydrogen (secondary N) is 1. The molecule has 0 unspecified atom stereocenters. The molecule has 2 amide bonds. The number of hydrogen-bond acceptors (Lipinski definition) is 4. The number of ether oxygens (including phenoxy) is 1. The fourth-order valence-corrected chi connectivity index (χ4v) is 3.35. The number of primary amides is 1. The van der Waals surface area contributed by atoms with Crippen molar-refractivity contribution >= 4 is 11.8 Å². The monoisotopic (exact) mass is 374 g/mol. The minimum atomic E-state index is -0.479. The number of benzene rings is 1. The van der Waals surface area contributed by atoms with Crippen LogP contribution in [0.3, 0.4) is 0 Å². The lowest BCUT2D eigenvalue weighted by molar-refractivity contribution is -0.121. The van der Waals surface area contributed by atoms with Gasteiger partial charge >= 0.3 is 0 Å². The number of carbonyl (C=O) groups is 2. The Hall–Kier alpha value is -2.90. The van der Waals surface area contributed by atoms with Gasteiger partial charge in [0.15, 0.2) is 11.6 Å². The standard InChI is InChI=1S/C19H23FN4O3/c1-27-17-4-2-12(8-15(17)20)3-5-18(25)22-10-13-6-7-24-16(9-13)14(11-23-24)19(21)26/h2,4,8,11,13H,3,5-7,9-10H2,1H3,(H2,21,26)(H,22,25)/t13-/m1/s1. The molecule has 1 aromatic carbocycles. The van der Waals surface area contributed by atoms with Gasteiger partial charge in [0.05, 0.1) is 24.6 Å². The molecule has 3 rings (SSSR count). The quantitative estimate of drug-likeness (QED) is 0.766. The molecule has 1 aromatic heterocycles. The predicted octanol–water partition coefficient (Wildman–Crippen LogP) is 1.44. The van der Waals surface area contributed by atoms with Crippen LogP contribution >= 0.6 is 0 Å². The Morgan fingerprint density at radius 3 is 2.96 bits per heavy atom. The third-order valence-electron chi connectivity index (χ3n) is 4.89. The maximum Gasteiger partial charge on any atom is 0.252 e. The van der Waals surface area contributed by atoms with E-state index >= 15 is 0 Å². The zero-order valence-electron chi connectivity index (χ0n) is 15.2. The van der Waals surface area contributed by atoms with Crippen molar-refractivity contribution in [2.45, 2.75) is 32.2 Å². The molecule has 27 heavy (non-hydrogen) atoms. The van der Waals surface area contributed by atoms with Gasteiger partial charge in [0.25, 0.3) is 5.91 Å². The number of aryl methyl sites for hydroxylation is 2. The summed E-state index contributed by atoms with van der Waals surface area (Å²) in [7, 11) is 1.41.